The molecule has 2 aromatic rings. The predicted octanol–water partition coefficient (Wildman–Crippen LogP) is 4.08. The third kappa shape index (κ3) is 5.25. The molecular weight excluding hydrogens is 356 g/mol. The first-order valence-corrected chi connectivity index (χ1v) is 9.65. The van der Waals surface area contributed by atoms with E-state index in [4.69, 9.17) is 9.47 Å². The number of rotatable bonds is 6. The predicted molar refractivity (Wildman–Crippen MR) is 107 cm³/mol. The zero-order chi connectivity index (χ0) is 19.8. The third-order valence-electron chi connectivity index (χ3n) is 4.74. The number of nitrogens with one attached hydrogen (secondary N) is 1. The first-order valence-electron chi connectivity index (χ1n) is 9.65. The largest absolute Gasteiger partial charge is 0.462 e. The number of benzene rings is 2. The van der Waals surface area contributed by atoms with Gasteiger partial charge in [-0.25, -0.2) is 9.59 Å². The smallest absolute Gasteiger partial charge is 0.410 e. The van der Waals surface area contributed by atoms with Crippen LogP contribution in [0.5, 0.6) is 0 Å². The zero-order valence-electron chi connectivity index (χ0n) is 16.1. The van der Waals surface area contributed by atoms with Gasteiger partial charge in [0.2, 0.25) is 0 Å². The molecule has 0 unspecified atom stereocenters. The van der Waals surface area contributed by atoms with E-state index in [9.17, 15) is 9.59 Å². The Morgan fingerprint density at radius 2 is 1.68 bits per heavy atom. The van der Waals surface area contributed by atoms with Crippen molar-refractivity contribution in [2.75, 3.05) is 25.0 Å². The van der Waals surface area contributed by atoms with Crippen LogP contribution in [0.25, 0.3) is 0 Å². The van der Waals surface area contributed by atoms with Crippen molar-refractivity contribution in [3.8, 4) is 0 Å². The highest BCUT2D eigenvalue weighted by Gasteiger charge is 2.24. The summed E-state index contributed by atoms with van der Waals surface area (Å²) < 4.78 is 10.5. The molecule has 28 heavy (non-hydrogen) atoms. The highest BCUT2D eigenvalue weighted by Crippen LogP contribution is 2.21. The number of hydrogen-bond donors (Lipinski definition) is 1. The first-order chi connectivity index (χ1) is 13.7. The van der Waals surface area contributed by atoms with Crippen LogP contribution in [0.3, 0.4) is 0 Å². The van der Waals surface area contributed by atoms with Crippen LogP contribution in [0.2, 0.25) is 0 Å². The molecule has 1 aliphatic heterocycles. The quantitative estimate of drug-likeness (QED) is 0.763. The number of likely N-dealkylation sites (tertiary alicyclic amines) is 1. The lowest BCUT2D eigenvalue weighted by atomic mass is 10.0. The van der Waals surface area contributed by atoms with Crippen LogP contribution in [0.1, 0.15) is 35.7 Å². The molecule has 1 amide bonds. The Bertz CT molecular complexity index is 786. The number of piperidine rings is 1. The van der Waals surface area contributed by atoms with Crippen molar-refractivity contribution in [3.05, 3.63) is 65.7 Å². The fourth-order valence-corrected chi connectivity index (χ4v) is 3.23. The average molecular weight is 382 g/mol. The lowest BCUT2D eigenvalue weighted by Gasteiger charge is -2.32. The first kappa shape index (κ1) is 19.7. The van der Waals surface area contributed by atoms with Gasteiger partial charge in [-0.2, -0.15) is 0 Å². The molecule has 0 bridgehead atoms. The summed E-state index contributed by atoms with van der Waals surface area (Å²) >= 11 is 0. The minimum absolute atomic E-state index is 0.189. The number of esters is 1. The van der Waals surface area contributed by atoms with Crippen molar-refractivity contribution in [2.24, 2.45) is 0 Å². The minimum Gasteiger partial charge on any atom is -0.462 e. The summed E-state index contributed by atoms with van der Waals surface area (Å²) in [5.41, 5.74) is 2.28. The number of carbonyl (C=O) groups excluding carboxylic acids is 2. The topological polar surface area (TPSA) is 67.9 Å². The standard InChI is InChI=1S/C22H26N2O4/c1-2-27-21(25)19-10-6-7-11-20(19)23-18-12-14-24(15-13-18)22(26)28-16-17-8-4-3-5-9-17/h3-11,18,23H,2,12-16H2,1H3. The van der Waals surface area contributed by atoms with Crippen LogP contribution in [-0.2, 0) is 16.1 Å². The normalized spacial score (nSPS) is 14.4. The highest BCUT2D eigenvalue weighted by atomic mass is 16.6. The zero-order valence-corrected chi connectivity index (χ0v) is 16.1. The van der Waals surface area contributed by atoms with Gasteiger partial charge >= 0.3 is 12.1 Å². The van der Waals surface area contributed by atoms with E-state index in [1.165, 1.54) is 0 Å². The van der Waals surface area contributed by atoms with Crippen LogP contribution >= 0.6 is 0 Å². The molecule has 1 saturated heterocycles. The van der Waals surface area contributed by atoms with E-state index >= 15 is 0 Å². The van der Waals surface area contributed by atoms with Crippen molar-refractivity contribution in [2.45, 2.75) is 32.4 Å². The van der Waals surface area contributed by atoms with Crippen molar-refractivity contribution < 1.29 is 19.1 Å². The van der Waals surface area contributed by atoms with Crippen LogP contribution in [0.15, 0.2) is 54.6 Å². The Morgan fingerprint density at radius 1 is 1.00 bits per heavy atom. The molecule has 1 aliphatic rings. The summed E-state index contributed by atoms with van der Waals surface area (Å²) in [5.74, 6) is -0.326. The molecule has 148 valence electrons. The number of anilines is 1. The molecule has 1 heterocycles. The molecular formula is C22H26N2O4. The monoisotopic (exact) mass is 382 g/mol. The van der Waals surface area contributed by atoms with Gasteiger partial charge in [-0.05, 0) is 37.5 Å². The van der Waals surface area contributed by atoms with Gasteiger partial charge in [-0.15, -0.1) is 0 Å². The van der Waals surface area contributed by atoms with Crippen molar-refractivity contribution in [1.29, 1.82) is 0 Å². The summed E-state index contributed by atoms with van der Waals surface area (Å²) in [6.45, 7) is 3.65. The van der Waals surface area contributed by atoms with Crippen LogP contribution < -0.4 is 5.32 Å². The van der Waals surface area contributed by atoms with E-state index in [-0.39, 0.29) is 24.7 Å². The Hall–Kier alpha value is -3.02. The molecule has 1 fully saturated rings. The number of hydrogen-bond acceptors (Lipinski definition) is 5. The molecule has 0 aromatic heterocycles. The molecule has 0 saturated carbocycles. The summed E-state index contributed by atoms with van der Waals surface area (Å²) in [7, 11) is 0. The van der Waals surface area contributed by atoms with Gasteiger partial charge in [0.25, 0.3) is 0 Å². The fourth-order valence-electron chi connectivity index (χ4n) is 3.23. The summed E-state index contributed by atoms with van der Waals surface area (Å²) in [5, 5.41) is 3.43. The Balaban J connectivity index is 1.49. The molecule has 0 spiro atoms. The van der Waals surface area contributed by atoms with Crippen LogP contribution in [0, 0.1) is 0 Å². The minimum atomic E-state index is -0.326. The number of para-hydroxylation sites is 1. The highest BCUT2D eigenvalue weighted by molar-refractivity contribution is 5.95. The van der Waals surface area contributed by atoms with E-state index in [1.54, 1.807) is 17.9 Å². The fraction of sp³-hybridized carbons (Fsp3) is 0.364. The molecule has 0 radical (unpaired) electrons. The second-order valence-electron chi connectivity index (χ2n) is 6.71. The maximum atomic E-state index is 12.3. The van der Waals surface area contributed by atoms with E-state index in [2.05, 4.69) is 5.32 Å². The second kappa shape index (κ2) is 9.78. The Morgan fingerprint density at radius 3 is 2.39 bits per heavy atom. The van der Waals surface area contributed by atoms with Gasteiger partial charge in [0.05, 0.1) is 12.2 Å². The van der Waals surface area contributed by atoms with E-state index < -0.39 is 0 Å². The molecule has 6 nitrogen and oxygen atoms in total. The Labute approximate surface area is 165 Å². The third-order valence-corrected chi connectivity index (χ3v) is 4.74. The Kier molecular flexibility index (Phi) is 6.89. The van der Waals surface area contributed by atoms with Gasteiger partial charge < -0.3 is 19.7 Å². The molecule has 0 atom stereocenters. The van der Waals surface area contributed by atoms with Gasteiger partial charge in [-0.1, -0.05) is 42.5 Å². The van der Waals surface area contributed by atoms with Gasteiger partial charge in [-0.3, -0.25) is 0 Å². The number of carbonyl (C=O) groups is 2. The van der Waals surface area contributed by atoms with Crippen molar-refractivity contribution in [1.82, 2.24) is 4.90 Å². The molecule has 3 rings (SSSR count). The van der Waals surface area contributed by atoms with Crippen LogP contribution in [0.4, 0.5) is 10.5 Å². The SMILES string of the molecule is CCOC(=O)c1ccccc1NC1CCN(C(=O)OCc2ccccc2)CC1. The van der Waals surface area contributed by atoms with E-state index in [1.807, 2.05) is 48.5 Å². The summed E-state index contributed by atoms with van der Waals surface area (Å²) in [6.07, 6.45) is 1.30. The summed E-state index contributed by atoms with van der Waals surface area (Å²) in [4.78, 5) is 26.1. The number of nitrogens with zero attached hydrogens (tertiary/aromatic N) is 1. The van der Waals surface area contributed by atoms with Crippen LogP contribution in [-0.4, -0.2) is 42.7 Å². The molecule has 2 aromatic carbocycles. The maximum absolute atomic E-state index is 12.3. The van der Waals surface area contributed by atoms with Gasteiger partial charge in [0, 0.05) is 24.8 Å². The second-order valence-corrected chi connectivity index (χ2v) is 6.71. The molecule has 0 aliphatic carbocycles. The van der Waals surface area contributed by atoms with Crippen molar-refractivity contribution in [3.63, 3.8) is 0 Å². The summed E-state index contributed by atoms with van der Waals surface area (Å²) in [6, 6.07) is 17.2. The molecule has 1 N–H and O–H groups in total. The number of ether oxygens (including phenoxy) is 2. The van der Waals surface area contributed by atoms with Crippen molar-refractivity contribution >= 4 is 17.7 Å². The van der Waals surface area contributed by atoms with E-state index in [0.717, 1.165) is 24.1 Å². The lowest BCUT2D eigenvalue weighted by Crippen LogP contribution is -2.42. The number of amides is 1. The lowest BCUT2D eigenvalue weighted by molar-refractivity contribution is 0.0527. The van der Waals surface area contributed by atoms with Gasteiger partial charge in [0.15, 0.2) is 0 Å². The maximum Gasteiger partial charge on any atom is 0.410 e. The van der Waals surface area contributed by atoms with E-state index in [0.29, 0.717) is 25.3 Å². The molecule has 6 heteroatoms. The van der Waals surface area contributed by atoms with Gasteiger partial charge in [0.1, 0.15) is 6.61 Å². The average Bonchev–Trinajstić information content (AvgIpc) is 2.74.